The summed E-state index contributed by atoms with van der Waals surface area (Å²) in [5.41, 5.74) is 0.351. The quantitative estimate of drug-likeness (QED) is 0.250. The van der Waals surface area contributed by atoms with E-state index in [0.29, 0.717) is 41.7 Å². The molecule has 0 aliphatic carbocycles. The first-order valence-corrected chi connectivity index (χ1v) is 10.9. The highest BCUT2D eigenvalue weighted by molar-refractivity contribution is 7.09. The number of amides is 2. The molecule has 0 fully saturated rings. The van der Waals surface area contributed by atoms with Gasteiger partial charge in [-0.25, -0.2) is 4.98 Å². The Hall–Kier alpha value is -3.99. The average Bonchev–Trinajstić information content (AvgIpc) is 3.31. The molecule has 3 rings (SSSR count). The van der Waals surface area contributed by atoms with Gasteiger partial charge in [-0.2, -0.15) is 0 Å². The van der Waals surface area contributed by atoms with E-state index in [-0.39, 0.29) is 23.8 Å². The van der Waals surface area contributed by atoms with Gasteiger partial charge in [-0.05, 0) is 24.6 Å². The summed E-state index contributed by atoms with van der Waals surface area (Å²) in [5, 5.41) is 18.5. The minimum Gasteiger partial charge on any atom is -0.493 e. The van der Waals surface area contributed by atoms with Gasteiger partial charge >= 0.3 is 0 Å². The van der Waals surface area contributed by atoms with Gasteiger partial charge in [-0.3, -0.25) is 19.7 Å². The van der Waals surface area contributed by atoms with E-state index in [9.17, 15) is 19.7 Å². The lowest BCUT2D eigenvalue weighted by molar-refractivity contribution is -0.384. The van der Waals surface area contributed by atoms with Crippen LogP contribution in [-0.2, 0) is 6.61 Å². The highest BCUT2D eigenvalue weighted by atomic mass is 32.1. The van der Waals surface area contributed by atoms with Gasteiger partial charge in [0, 0.05) is 36.2 Å². The standard InChI is InChI=1S/C22H22N4O6S/c1-31-18-8-2-3-9-19(18)32-13-20-25-17(14-33-20)22(28)24-11-5-10-23-21(27)15-6-4-7-16(12-15)26(29)30/h2-4,6-9,12,14H,5,10-11,13H2,1H3,(H,23,27)(H,24,28). The summed E-state index contributed by atoms with van der Waals surface area (Å²) in [7, 11) is 1.56. The first-order chi connectivity index (χ1) is 16.0. The first kappa shape index (κ1) is 23.7. The third kappa shape index (κ3) is 6.74. The number of nitrogens with one attached hydrogen (secondary N) is 2. The van der Waals surface area contributed by atoms with E-state index in [1.165, 1.54) is 35.6 Å². The Balaban J connectivity index is 1.39. The van der Waals surface area contributed by atoms with E-state index in [0.717, 1.165) is 0 Å². The third-order valence-electron chi connectivity index (χ3n) is 4.45. The molecule has 11 heteroatoms. The smallest absolute Gasteiger partial charge is 0.270 e. The molecule has 0 aliphatic heterocycles. The van der Waals surface area contributed by atoms with Gasteiger partial charge < -0.3 is 20.1 Å². The molecule has 0 saturated heterocycles. The average molecular weight is 471 g/mol. The lowest BCUT2D eigenvalue weighted by atomic mass is 10.2. The van der Waals surface area contributed by atoms with E-state index in [4.69, 9.17) is 9.47 Å². The monoisotopic (exact) mass is 470 g/mol. The van der Waals surface area contributed by atoms with Crippen molar-refractivity contribution < 1.29 is 24.0 Å². The predicted molar refractivity (Wildman–Crippen MR) is 122 cm³/mol. The summed E-state index contributed by atoms with van der Waals surface area (Å²) in [5.74, 6) is 0.474. The molecule has 0 bridgehead atoms. The number of hydrogen-bond donors (Lipinski definition) is 2. The second kappa shape index (κ2) is 11.6. The number of hydrogen-bond acceptors (Lipinski definition) is 8. The molecule has 0 saturated carbocycles. The van der Waals surface area contributed by atoms with Crippen LogP contribution in [0.5, 0.6) is 11.5 Å². The molecule has 0 atom stereocenters. The number of nitrogens with zero attached hydrogens (tertiary/aromatic N) is 2. The summed E-state index contributed by atoms with van der Waals surface area (Å²) >= 11 is 1.32. The van der Waals surface area contributed by atoms with Crippen molar-refractivity contribution in [2.24, 2.45) is 0 Å². The van der Waals surface area contributed by atoms with E-state index >= 15 is 0 Å². The Labute approximate surface area is 193 Å². The van der Waals surface area contributed by atoms with Gasteiger partial charge in [0.05, 0.1) is 12.0 Å². The number of ether oxygens (including phenoxy) is 2. The second-order valence-electron chi connectivity index (χ2n) is 6.74. The molecule has 0 unspecified atom stereocenters. The Morgan fingerprint density at radius 2 is 1.79 bits per heavy atom. The lowest BCUT2D eigenvalue weighted by Gasteiger charge is -2.08. The van der Waals surface area contributed by atoms with Crippen molar-refractivity contribution in [2.75, 3.05) is 20.2 Å². The van der Waals surface area contributed by atoms with E-state index < -0.39 is 10.8 Å². The Bertz CT molecular complexity index is 1130. The Morgan fingerprint density at radius 3 is 2.52 bits per heavy atom. The predicted octanol–water partition coefficient (Wildman–Crippen LogP) is 3.19. The third-order valence-corrected chi connectivity index (χ3v) is 5.27. The molecule has 2 aromatic carbocycles. The number of thiazole rings is 1. The maximum Gasteiger partial charge on any atom is 0.270 e. The van der Waals surface area contributed by atoms with Crippen molar-refractivity contribution in [3.8, 4) is 11.5 Å². The minimum atomic E-state index is -0.555. The number of aromatic nitrogens is 1. The van der Waals surface area contributed by atoms with Crippen molar-refractivity contribution in [1.82, 2.24) is 15.6 Å². The van der Waals surface area contributed by atoms with Crippen LogP contribution in [0.3, 0.4) is 0 Å². The molecule has 10 nitrogen and oxygen atoms in total. The van der Waals surface area contributed by atoms with Gasteiger partial charge in [0.15, 0.2) is 11.5 Å². The molecule has 0 spiro atoms. The topological polar surface area (TPSA) is 133 Å². The number of para-hydroxylation sites is 2. The highest BCUT2D eigenvalue weighted by Gasteiger charge is 2.13. The van der Waals surface area contributed by atoms with Crippen LogP contribution in [0.15, 0.2) is 53.9 Å². The number of carbonyl (C=O) groups excluding carboxylic acids is 2. The van der Waals surface area contributed by atoms with Crippen molar-refractivity contribution in [1.29, 1.82) is 0 Å². The van der Waals surface area contributed by atoms with Crippen LogP contribution in [0.4, 0.5) is 5.69 Å². The largest absolute Gasteiger partial charge is 0.493 e. The molecule has 1 aromatic heterocycles. The molecule has 2 amide bonds. The summed E-state index contributed by atoms with van der Waals surface area (Å²) in [6.45, 7) is 0.845. The fourth-order valence-electron chi connectivity index (χ4n) is 2.80. The van der Waals surface area contributed by atoms with Gasteiger partial charge in [0.2, 0.25) is 0 Å². The van der Waals surface area contributed by atoms with Crippen LogP contribution >= 0.6 is 11.3 Å². The second-order valence-corrected chi connectivity index (χ2v) is 7.68. The number of non-ortho nitro benzene ring substituents is 1. The molecular formula is C22H22N4O6S. The number of nitro benzene ring substituents is 1. The maximum atomic E-state index is 12.3. The fourth-order valence-corrected chi connectivity index (χ4v) is 3.49. The molecule has 1 heterocycles. The number of carbonyl (C=O) groups is 2. The molecular weight excluding hydrogens is 448 g/mol. The van der Waals surface area contributed by atoms with Gasteiger partial charge in [0.25, 0.3) is 17.5 Å². The Kier molecular flexibility index (Phi) is 8.30. The lowest BCUT2D eigenvalue weighted by Crippen LogP contribution is -2.30. The molecule has 33 heavy (non-hydrogen) atoms. The van der Waals surface area contributed by atoms with E-state index in [1.807, 2.05) is 12.1 Å². The SMILES string of the molecule is COc1ccccc1OCc1nc(C(=O)NCCCNC(=O)c2cccc([N+](=O)[O-])c2)cs1. The zero-order chi connectivity index (χ0) is 23.6. The number of rotatable bonds is 11. The molecule has 0 aliphatic rings. The van der Waals surface area contributed by atoms with Gasteiger partial charge in [0.1, 0.15) is 17.3 Å². The van der Waals surface area contributed by atoms with Gasteiger partial charge in [-0.1, -0.05) is 18.2 Å². The van der Waals surface area contributed by atoms with Crippen molar-refractivity contribution in [2.45, 2.75) is 13.0 Å². The number of benzene rings is 2. The number of methoxy groups -OCH3 is 1. The van der Waals surface area contributed by atoms with E-state index in [2.05, 4.69) is 15.6 Å². The van der Waals surface area contributed by atoms with Crippen LogP contribution < -0.4 is 20.1 Å². The summed E-state index contributed by atoms with van der Waals surface area (Å²) in [6.07, 6.45) is 0.486. The first-order valence-electron chi connectivity index (χ1n) is 9.99. The molecule has 0 radical (unpaired) electrons. The van der Waals surface area contributed by atoms with E-state index in [1.54, 1.807) is 24.6 Å². The highest BCUT2D eigenvalue weighted by Crippen LogP contribution is 2.27. The van der Waals surface area contributed by atoms with Crippen molar-refractivity contribution in [3.05, 3.63) is 80.3 Å². The summed E-state index contributed by atoms with van der Waals surface area (Å²) in [4.78, 5) is 38.9. The Morgan fingerprint density at radius 1 is 1.06 bits per heavy atom. The van der Waals surface area contributed by atoms with Crippen molar-refractivity contribution in [3.63, 3.8) is 0 Å². The van der Waals surface area contributed by atoms with Crippen LogP contribution in [0.2, 0.25) is 0 Å². The normalized spacial score (nSPS) is 10.3. The zero-order valence-electron chi connectivity index (χ0n) is 17.8. The van der Waals surface area contributed by atoms with Gasteiger partial charge in [-0.15, -0.1) is 11.3 Å². The van der Waals surface area contributed by atoms with Crippen LogP contribution in [-0.4, -0.2) is 41.9 Å². The van der Waals surface area contributed by atoms with Crippen LogP contribution in [0, 0.1) is 10.1 Å². The fraction of sp³-hybridized carbons (Fsp3) is 0.227. The molecule has 3 aromatic rings. The van der Waals surface area contributed by atoms with Crippen LogP contribution in [0.25, 0.3) is 0 Å². The van der Waals surface area contributed by atoms with Crippen LogP contribution in [0.1, 0.15) is 32.3 Å². The summed E-state index contributed by atoms with van der Waals surface area (Å²) < 4.78 is 10.9. The van der Waals surface area contributed by atoms with Crippen molar-refractivity contribution >= 4 is 28.8 Å². The summed E-state index contributed by atoms with van der Waals surface area (Å²) in [6, 6.07) is 12.8. The maximum absolute atomic E-state index is 12.3. The molecule has 172 valence electrons. The zero-order valence-corrected chi connectivity index (χ0v) is 18.6. The minimum absolute atomic E-state index is 0.147. The number of nitro groups is 1. The molecule has 2 N–H and O–H groups in total.